The van der Waals surface area contributed by atoms with Crippen LogP contribution in [0.3, 0.4) is 0 Å². The fraction of sp³-hybridized carbons (Fsp3) is 0.632. The van der Waals surface area contributed by atoms with Gasteiger partial charge in [0.25, 0.3) is 0 Å². The van der Waals surface area contributed by atoms with Gasteiger partial charge in [-0.2, -0.15) is 0 Å². The predicted molar refractivity (Wildman–Crippen MR) is 106 cm³/mol. The summed E-state index contributed by atoms with van der Waals surface area (Å²) in [6.07, 6.45) is 0. The third-order valence-electron chi connectivity index (χ3n) is 4.74. The fourth-order valence-electron chi connectivity index (χ4n) is 2.80. The summed E-state index contributed by atoms with van der Waals surface area (Å²) in [5.74, 6) is 0.606. The summed E-state index contributed by atoms with van der Waals surface area (Å²) in [5, 5.41) is 6.64. The van der Waals surface area contributed by atoms with Gasteiger partial charge in [-0.3, -0.25) is 9.89 Å². The molecule has 0 saturated carbocycles. The number of nitrogens with one attached hydrogen (secondary N) is 2. The summed E-state index contributed by atoms with van der Waals surface area (Å²) >= 11 is 0. The van der Waals surface area contributed by atoms with Crippen LogP contribution in [0, 0.1) is 5.82 Å². The molecule has 1 aromatic rings. The van der Waals surface area contributed by atoms with E-state index in [4.69, 9.17) is 4.74 Å². The van der Waals surface area contributed by atoms with Gasteiger partial charge >= 0.3 is 0 Å². The summed E-state index contributed by atoms with van der Waals surface area (Å²) in [6, 6.07) is 6.75. The molecule has 0 amide bonds. The van der Waals surface area contributed by atoms with E-state index in [1.54, 1.807) is 14.2 Å². The number of rotatable bonds is 7. The van der Waals surface area contributed by atoms with E-state index in [9.17, 15) is 4.39 Å². The van der Waals surface area contributed by atoms with Crippen molar-refractivity contribution in [2.45, 2.75) is 19.4 Å². The van der Waals surface area contributed by atoms with E-state index in [2.05, 4.69) is 25.4 Å². The first-order chi connectivity index (χ1) is 12.4. The summed E-state index contributed by atoms with van der Waals surface area (Å²) < 4.78 is 18.4. The second-order valence-electron chi connectivity index (χ2n) is 7.12. The normalized spacial score (nSPS) is 16.7. The zero-order valence-electron chi connectivity index (χ0n) is 16.4. The topological polar surface area (TPSA) is 52.1 Å². The maximum Gasteiger partial charge on any atom is 0.191 e. The molecule has 1 fully saturated rings. The zero-order valence-corrected chi connectivity index (χ0v) is 16.4. The third kappa shape index (κ3) is 6.46. The Hall–Kier alpha value is -1.86. The molecular formula is C19H32FN5O. The van der Waals surface area contributed by atoms with Crippen LogP contribution in [-0.2, 0) is 4.74 Å². The SMILES string of the molecule is CN=C(NCCN1CCN(c2ccc(F)cc2)CC1)NCC(C)(C)OC. The van der Waals surface area contributed by atoms with Crippen molar-refractivity contribution in [2.75, 3.05) is 64.9 Å². The van der Waals surface area contributed by atoms with Crippen molar-refractivity contribution in [3.63, 3.8) is 0 Å². The predicted octanol–water partition coefficient (Wildman–Crippen LogP) is 1.54. The number of anilines is 1. The van der Waals surface area contributed by atoms with Crippen LogP contribution in [-0.4, -0.2) is 76.4 Å². The lowest BCUT2D eigenvalue weighted by atomic mass is 10.1. The first-order valence-electron chi connectivity index (χ1n) is 9.16. The monoisotopic (exact) mass is 365 g/mol. The van der Waals surface area contributed by atoms with Crippen LogP contribution in [0.2, 0.25) is 0 Å². The highest BCUT2D eigenvalue weighted by Gasteiger charge is 2.18. The van der Waals surface area contributed by atoms with E-state index >= 15 is 0 Å². The van der Waals surface area contributed by atoms with Crippen LogP contribution in [0.25, 0.3) is 0 Å². The molecule has 1 aliphatic heterocycles. The summed E-state index contributed by atoms with van der Waals surface area (Å²) in [4.78, 5) is 8.98. The first-order valence-corrected chi connectivity index (χ1v) is 9.16. The van der Waals surface area contributed by atoms with Gasteiger partial charge in [-0.25, -0.2) is 4.39 Å². The second-order valence-corrected chi connectivity index (χ2v) is 7.12. The summed E-state index contributed by atoms with van der Waals surface area (Å²) in [7, 11) is 3.49. The number of methoxy groups -OCH3 is 1. The van der Waals surface area contributed by atoms with E-state index in [-0.39, 0.29) is 11.4 Å². The quantitative estimate of drug-likeness (QED) is 0.567. The molecule has 7 heteroatoms. The largest absolute Gasteiger partial charge is 0.377 e. The Kier molecular flexibility index (Phi) is 7.66. The van der Waals surface area contributed by atoms with Gasteiger partial charge in [0.05, 0.1) is 5.60 Å². The Labute approximate surface area is 156 Å². The Morgan fingerprint density at radius 2 is 1.81 bits per heavy atom. The molecule has 6 nitrogen and oxygen atoms in total. The number of guanidine groups is 1. The van der Waals surface area contributed by atoms with Gasteiger partial charge in [0.15, 0.2) is 5.96 Å². The van der Waals surface area contributed by atoms with Crippen LogP contribution in [0.5, 0.6) is 0 Å². The van der Waals surface area contributed by atoms with Gasteiger partial charge < -0.3 is 20.3 Å². The smallest absolute Gasteiger partial charge is 0.191 e. The average Bonchev–Trinajstić information content (AvgIpc) is 2.66. The number of aliphatic imine (C=N–C) groups is 1. The van der Waals surface area contributed by atoms with Crippen molar-refractivity contribution in [1.29, 1.82) is 0 Å². The molecule has 1 aromatic carbocycles. The molecule has 0 bridgehead atoms. The Morgan fingerprint density at radius 3 is 2.38 bits per heavy atom. The highest BCUT2D eigenvalue weighted by atomic mass is 19.1. The van der Waals surface area contributed by atoms with E-state index in [0.29, 0.717) is 6.54 Å². The minimum absolute atomic E-state index is 0.186. The van der Waals surface area contributed by atoms with Crippen LogP contribution in [0.15, 0.2) is 29.3 Å². The van der Waals surface area contributed by atoms with Gasteiger partial charge in [-0.05, 0) is 38.1 Å². The molecule has 0 spiro atoms. The van der Waals surface area contributed by atoms with Crippen LogP contribution in [0.4, 0.5) is 10.1 Å². The lowest BCUT2D eigenvalue weighted by Crippen LogP contribution is -2.50. The molecule has 2 rings (SSSR count). The van der Waals surface area contributed by atoms with Crippen molar-refractivity contribution >= 4 is 11.6 Å². The molecule has 0 unspecified atom stereocenters. The Bertz CT molecular complexity index is 568. The number of benzene rings is 1. The summed E-state index contributed by atoms with van der Waals surface area (Å²) in [5.41, 5.74) is 0.864. The van der Waals surface area contributed by atoms with E-state index < -0.39 is 0 Å². The van der Waals surface area contributed by atoms with Gasteiger partial charge in [-0.1, -0.05) is 0 Å². The van der Waals surface area contributed by atoms with Crippen molar-refractivity contribution in [1.82, 2.24) is 15.5 Å². The minimum atomic E-state index is -0.228. The molecule has 0 aromatic heterocycles. The fourth-order valence-corrected chi connectivity index (χ4v) is 2.80. The third-order valence-corrected chi connectivity index (χ3v) is 4.74. The Morgan fingerprint density at radius 1 is 1.15 bits per heavy atom. The molecule has 1 saturated heterocycles. The van der Waals surface area contributed by atoms with Crippen LogP contribution < -0.4 is 15.5 Å². The van der Waals surface area contributed by atoms with Crippen LogP contribution in [0.1, 0.15) is 13.8 Å². The minimum Gasteiger partial charge on any atom is -0.377 e. The molecular weight excluding hydrogens is 333 g/mol. The van der Waals surface area contributed by atoms with E-state index in [1.165, 1.54) is 12.1 Å². The number of ether oxygens (including phenoxy) is 1. The molecule has 146 valence electrons. The molecule has 0 radical (unpaired) electrons. The van der Waals surface area contributed by atoms with E-state index in [0.717, 1.165) is 50.9 Å². The molecule has 1 aliphatic rings. The maximum atomic E-state index is 13.0. The Balaban J connectivity index is 1.67. The lowest BCUT2D eigenvalue weighted by Gasteiger charge is -2.36. The van der Waals surface area contributed by atoms with Crippen molar-refractivity contribution in [2.24, 2.45) is 4.99 Å². The van der Waals surface area contributed by atoms with E-state index in [1.807, 2.05) is 26.0 Å². The second kappa shape index (κ2) is 9.73. The average molecular weight is 365 g/mol. The van der Waals surface area contributed by atoms with Crippen molar-refractivity contribution in [3.8, 4) is 0 Å². The molecule has 0 atom stereocenters. The zero-order chi connectivity index (χ0) is 19.0. The van der Waals surface area contributed by atoms with Gasteiger partial charge in [-0.15, -0.1) is 0 Å². The number of nitrogens with zero attached hydrogens (tertiary/aromatic N) is 3. The lowest BCUT2D eigenvalue weighted by molar-refractivity contribution is 0.0268. The number of hydrogen-bond donors (Lipinski definition) is 2. The number of piperazine rings is 1. The number of hydrogen-bond acceptors (Lipinski definition) is 4. The maximum absolute atomic E-state index is 13.0. The van der Waals surface area contributed by atoms with Crippen molar-refractivity contribution in [3.05, 3.63) is 30.1 Å². The van der Waals surface area contributed by atoms with Gasteiger partial charge in [0.2, 0.25) is 0 Å². The molecule has 0 aliphatic carbocycles. The first kappa shape index (κ1) is 20.5. The van der Waals surface area contributed by atoms with Gasteiger partial charge in [0.1, 0.15) is 5.82 Å². The summed E-state index contributed by atoms with van der Waals surface area (Å²) in [6.45, 7) is 10.5. The van der Waals surface area contributed by atoms with Crippen LogP contribution >= 0.6 is 0 Å². The highest BCUT2D eigenvalue weighted by Crippen LogP contribution is 2.16. The standard InChI is InChI=1S/C19H32FN5O/c1-19(2,26-4)15-23-18(21-3)22-9-10-24-11-13-25(14-12-24)17-7-5-16(20)6-8-17/h5-8H,9-15H2,1-4H3,(H2,21,22,23). The van der Waals surface area contributed by atoms with Crippen molar-refractivity contribution < 1.29 is 9.13 Å². The molecule has 26 heavy (non-hydrogen) atoms. The number of halogens is 1. The highest BCUT2D eigenvalue weighted by molar-refractivity contribution is 5.79. The molecule has 2 N–H and O–H groups in total. The van der Waals surface area contributed by atoms with Gasteiger partial charge in [0, 0.05) is 65.7 Å². The molecule has 1 heterocycles.